The van der Waals surface area contributed by atoms with Gasteiger partial charge in [-0.3, -0.25) is 9.69 Å². The van der Waals surface area contributed by atoms with Gasteiger partial charge in [-0.15, -0.1) is 0 Å². The number of piperazine rings is 1. The Bertz CT molecular complexity index is 581. The summed E-state index contributed by atoms with van der Waals surface area (Å²) in [6.45, 7) is 5.42. The number of aliphatic hydroxyl groups is 1. The first-order chi connectivity index (χ1) is 12.4. The Morgan fingerprint density at radius 1 is 1.27 bits per heavy atom. The number of nitrogens with zero attached hydrogens (tertiary/aromatic N) is 3. The number of fused-ring (bicyclic) bond motifs is 1. The molecule has 0 aromatic rings. The van der Waals surface area contributed by atoms with E-state index in [2.05, 4.69) is 4.90 Å². The lowest BCUT2D eigenvalue weighted by Crippen LogP contribution is -2.68. The molecule has 26 heavy (non-hydrogen) atoms. The van der Waals surface area contributed by atoms with Gasteiger partial charge < -0.3 is 24.7 Å². The molecule has 0 aromatic carbocycles. The van der Waals surface area contributed by atoms with E-state index in [-0.39, 0.29) is 29.5 Å². The van der Waals surface area contributed by atoms with Gasteiger partial charge in [0.15, 0.2) is 0 Å². The summed E-state index contributed by atoms with van der Waals surface area (Å²) in [5.74, 6) is -0.118. The molecule has 2 N–H and O–H groups in total. The molecule has 3 aliphatic heterocycles. The lowest BCUT2D eigenvalue weighted by atomic mass is 9.90. The second-order valence-corrected chi connectivity index (χ2v) is 8.42. The first-order valence-electron chi connectivity index (χ1n) is 9.71. The monoisotopic (exact) mass is 367 g/mol. The Hall–Kier alpha value is -1.38. The van der Waals surface area contributed by atoms with Crippen LogP contribution in [0.3, 0.4) is 0 Å². The van der Waals surface area contributed by atoms with E-state index in [4.69, 9.17) is 4.74 Å². The Morgan fingerprint density at radius 3 is 2.69 bits per heavy atom. The number of carbonyl (C=O) groups is 2. The fraction of sp³-hybridized carbons (Fsp3) is 0.889. The SMILES string of the molecule is C[C@H]1C(=O)N2[C@@H](CCN3CCC4(CC4)[C@H](O)C3)COC[C@H]2CN1C(=O)O. The van der Waals surface area contributed by atoms with E-state index >= 15 is 0 Å². The Morgan fingerprint density at radius 2 is 2.04 bits per heavy atom. The van der Waals surface area contributed by atoms with Gasteiger partial charge in [0.2, 0.25) is 5.91 Å². The number of amides is 2. The Kier molecular flexibility index (Phi) is 4.61. The number of carbonyl (C=O) groups excluding carboxylic acids is 1. The summed E-state index contributed by atoms with van der Waals surface area (Å²) in [6.07, 6.45) is 2.88. The summed E-state index contributed by atoms with van der Waals surface area (Å²) in [4.78, 5) is 29.5. The number of hydrogen-bond donors (Lipinski definition) is 2. The maximum Gasteiger partial charge on any atom is 0.408 e. The minimum absolute atomic E-state index is 0.0198. The van der Waals surface area contributed by atoms with Crippen LogP contribution in [-0.2, 0) is 9.53 Å². The van der Waals surface area contributed by atoms with Gasteiger partial charge in [-0.1, -0.05) is 0 Å². The first-order valence-corrected chi connectivity index (χ1v) is 9.71. The molecule has 4 aliphatic rings. The standard InChI is InChI=1S/C18H29N3O5/c1-12-16(23)21-13(10-26-11-14(21)8-20(12)17(24)25)2-6-19-7-5-18(3-4-18)15(22)9-19/h12-15,22H,2-11H2,1H3,(H,24,25)/t12-,13-,14+,15+/m0/s1. The molecule has 0 radical (unpaired) electrons. The normalized spacial score (nSPS) is 36.9. The number of carboxylic acid groups (broad SMARTS) is 1. The van der Waals surface area contributed by atoms with Crippen molar-refractivity contribution in [3.63, 3.8) is 0 Å². The van der Waals surface area contributed by atoms with Gasteiger partial charge in [0.05, 0.1) is 31.4 Å². The van der Waals surface area contributed by atoms with Gasteiger partial charge in [-0.2, -0.15) is 0 Å². The summed E-state index contributed by atoms with van der Waals surface area (Å²) in [7, 11) is 0. The predicted molar refractivity (Wildman–Crippen MR) is 92.8 cm³/mol. The van der Waals surface area contributed by atoms with Crippen LogP contribution >= 0.6 is 0 Å². The largest absolute Gasteiger partial charge is 0.465 e. The van der Waals surface area contributed by atoms with Crippen molar-refractivity contribution in [2.75, 3.05) is 39.4 Å². The summed E-state index contributed by atoms with van der Waals surface area (Å²) in [6, 6.07) is -0.861. The topological polar surface area (TPSA) is 93.6 Å². The van der Waals surface area contributed by atoms with Crippen LogP contribution in [0, 0.1) is 5.41 Å². The lowest BCUT2D eigenvalue weighted by Gasteiger charge is -2.49. The molecule has 1 spiro atoms. The maximum absolute atomic E-state index is 12.8. The number of ether oxygens (including phenoxy) is 1. The number of morpholine rings is 1. The van der Waals surface area contributed by atoms with E-state index in [1.165, 1.54) is 4.90 Å². The van der Waals surface area contributed by atoms with Crippen LogP contribution in [0.5, 0.6) is 0 Å². The first kappa shape index (κ1) is 18.0. The van der Waals surface area contributed by atoms with Gasteiger partial charge >= 0.3 is 6.09 Å². The third-order valence-electron chi connectivity index (χ3n) is 6.87. The van der Waals surface area contributed by atoms with Crippen LogP contribution in [0.25, 0.3) is 0 Å². The van der Waals surface area contributed by atoms with Gasteiger partial charge in [-0.25, -0.2) is 4.79 Å². The fourth-order valence-electron chi connectivity index (χ4n) is 4.86. The summed E-state index contributed by atoms with van der Waals surface area (Å²) in [5.41, 5.74) is 0.202. The van der Waals surface area contributed by atoms with Crippen molar-refractivity contribution in [2.24, 2.45) is 5.41 Å². The van der Waals surface area contributed by atoms with E-state index in [1.807, 2.05) is 4.90 Å². The van der Waals surface area contributed by atoms with E-state index in [0.29, 0.717) is 26.3 Å². The number of hydrogen-bond acceptors (Lipinski definition) is 5. The molecule has 0 unspecified atom stereocenters. The molecule has 1 saturated carbocycles. The molecular weight excluding hydrogens is 338 g/mol. The molecule has 0 aromatic heterocycles. The third-order valence-corrected chi connectivity index (χ3v) is 6.87. The number of aliphatic hydroxyl groups excluding tert-OH is 1. The molecule has 0 bridgehead atoms. The van der Waals surface area contributed by atoms with Gasteiger partial charge in [0.25, 0.3) is 0 Å². The quantitative estimate of drug-likeness (QED) is 0.740. The number of piperidine rings is 1. The van der Waals surface area contributed by atoms with Gasteiger partial charge in [0, 0.05) is 19.6 Å². The highest BCUT2D eigenvalue weighted by Crippen LogP contribution is 2.53. The zero-order valence-corrected chi connectivity index (χ0v) is 15.3. The average Bonchev–Trinajstić information content (AvgIpc) is 3.39. The highest BCUT2D eigenvalue weighted by Gasteiger charge is 2.51. The van der Waals surface area contributed by atoms with Crippen LogP contribution in [0.1, 0.15) is 32.6 Å². The average molecular weight is 367 g/mol. The van der Waals surface area contributed by atoms with Crippen molar-refractivity contribution in [1.82, 2.24) is 14.7 Å². The highest BCUT2D eigenvalue weighted by atomic mass is 16.5. The van der Waals surface area contributed by atoms with E-state index in [1.54, 1.807) is 6.92 Å². The van der Waals surface area contributed by atoms with Crippen LogP contribution in [0.15, 0.2) is 0 Å². The van der Waals surface area contributed by atoms with Crippen molar-refractivity contribution < 1.29 is 24.5 Å². The van der Waals surface area contributed by atoms with Crippen LogP contribution in [-0.4, -0.2) is 101 Å². The Balaban J connectivity index is 1.36. The Labute approximate surface area is 153 Å². The van der Waals surface area contributed by atoms with Gasteiger partial charge in [0.1, 0.15) is 6.04 Å². The van der Waals surface area contributed by atoms with Crippen molar-refractivity contribution in [3.8, 4) is 0 Å². The van der Waals surface area contributed by atoms with Crippen molar-refractivity contribution in [1.29, 1.82) is 0 Å². The third kappa shape index (κ3) is 3.08. The molecule has 8 heteroatoms. The molecular formula is C18H29N3O5. The zero-order chi connectivity index (χ0) is 18.5. The number of rotatable bonds is 3. The summed E-state index contributed by atoms with van der Waals surface area (Å²) < 4.78 is 5.69. The maximum atomic E-state index is 12.8. The number of likely N-dealkylation sites (tertiary alicyclic amines) is 1. The van der Waals surface area contributed by atoms with Crippen molar-refractivity contribution in [2.45, 2.75) is 56.8 Å². The van der Waals surface area contributed by atoms with E-state index in [0.717, 1.165) is 38.8 Å². The van der Waals surface area contributed by atoms with E-state index < -0.39 is 12.1 Å². The summed E-state index contributed by atoms with van der Waals surface area (Å²) in [5, 5.41) is 19.7. The zero-order valence-electron chi connectivity index (χ0n) is 15.3. The smallest absolute Gasteiger partial charge is 0.408 e. The van der Waals surface area contributed by atoms with E-state index in [9.17, 15) is 19.8 Å². The predicted octanol–water partition coefficient (Wildman–Crippen LogP) is 0.201. The molecule has 146 valence electrons. The second kappa shape index (κ2) is 6.65. The number of β-amino-alcohol motifs (C(OH)–C–C–N with tert-alkyl or cyclic N) is 1. The minimum atomic E-state index is -1.05. The molecule has 2 amide bonds. The van der Waals surface area contributed by atoms with Crippen molar-refractivity contribution >= 4 is 12.0 Å². The van der Waals surface area contributed by atoms with Gasteiger partial charge in [-0.05, 0) is 44.6 Å². The summed E-state index contributed by atoms with van der Waals surface area (Å²) >= 11 is 0. The molecule has 3 heterocycles. The molecule has 1 aliphatic carbocycles. The van der Waals surface area contributed by atoms with Crippen LogP contribution < -0.4 is 0 Å². The second-order valence-electron chi connectivity index (χ2n) is 8.42. The fourth-order valence-corrected chi connectivity index (χ4v) is 4.86. The molecule has 4 fully saturated rings. The van der Waals surface area contributed by atoms with Crippen LogP contribution in [0.4, 0.5) is 4.79 Å². The lowest BCUT2D eigenvalue weighted by molar-refractivity contribution is -0.160. The molecule has 4 atom stereocenters. The minimum Gasteiger partial charge on any atom is -0.465 e. The molecule has 4 rings (SSSR count). The van der Waals surface area contributed by atoms with Crippen LogP contribution in [0.2, 0.25) is 0 Å². The molecule has 3 saturated heterocycles. The van der Waals surface area contributed by atoms with Crippen molar-refractivity contribution in [3.05, 3.63) is 0 Å². The molecule has 8 nitrogen and oxygen atoms in total. The highest BCUT2D eigenvalue weighted by molar-refractivity contribution is 5.87.